The van der Waals surface area contributed by atoms with E-state index in [-0.39, 0.29) is 6.61 Å². The van der Waals surface area contributed by atoms with Gasteiger partial charge in [0.25, 0.3) is 0 Å². The first-order chi connectivity index (χ1) is 5.33. The first-order valence-electron chi connectivity index (χ1n) is 3.08. The Labute approximate surface area is 69.4 Å². The molecule has 3 nitrogen and oxygen atoms in total. The molecule has 11 heavy (non-hydrogen) atoms. The summed E-state index contributed by atoms with van der Waals surface area (Å²) in [6.45, 7) is -0.00795. The van der Waals surface area contributed by atoms with Crippen molar-refractivity contribution in [1.29, 1.82) is 0 Å². The molecule has 0 aliphatic carbocycles. The van der Waals surface area contributed by atoms with Crippen molar-refractivity contribution in [1.82, 2.24) is 9.97 Å². The van der Waals surface area contributed by atoms with Crippen LogP contribution in [-0.2, 0) is 0 Å². The summed E-state index contributed by atoms with van der Waals surface area (Å²) >= 11 is 5.55. The summed E-state index contributed by atoms with van der Waals surface area (Å²) in [5, 5.41) is 8.92. The molecule has 1 aromatic heterocycles. The highest BCUT2D eigenvalue weighted by atomic mass is 35.5. The maximum absolute atomic E-state index is 8.41. The topological polar surface area (TPSA) is 46.0 Å². The molecule has 0 amide bonds. The van der Waals surface area contributed by atoms with Crippen molar-refractivity contribution in [3.8, 4) is 0 Å². The lowest BCUT2D eigenvalue weighted by molar-refractivity contribution is 0.343. The molecule has 0 aliphatic heterocycles. The summed E-state index contributed by atoms with van der Waals surface area (Å²) in [5.74, 6) is 0.545. The van der Waals surface area contributed by atoms with E-state index < -0.39 is 0 Å². The van der Waals surface area contributed by atoms with Crippen molar-refractivity contribution in [3.05, 3.63) is 29.3 Å². The molecule has 1 heterocycles. The van der Waals surface area contributed by atoms with Crippen molar-refractivity contribution in [2.75, 3.05) is 6.61 Å². The van der Waals surface area contributed by atoms with Gasteiger partial charge in [0.15, 0.2) is 5.82 Å². The van der Waals surface area contributed by atoms with Crippen LogP contribution >= 0.6 is 11.6 Å². The number of aliphatic hydroxyl groups excluding tert-OH is 1. The number of hydrogen-bond donors (Lipinski definition) is 1. The summed E-state index contributed by atoms with van der Waals surface area (Å²) in [5.41, 5.74) is 0. The van der Waals surface area contributed by atoms with Crippen LogP contribution in [0.4, 0.5) is 0 Å². The molecular formula is C7H7ClN2O. The number of halogens is 1. The minimum atomic E-state index is -0.00795. The molecule has 0 saturated heterocycles. The fourth-order valence-corrected chi connectivity index (χ4v) is 0.664. The van der Waals surface area contributed by atoms with Gasteiger partial charge in [-0.2, -0.15) is 0 Å². The van der Waals surface area contributed by atoms with Crippen LogP contribution in [0.1, 0.15) is 5.82 Å². The summed E-state index contributed by atoms with van der Waals surface area (Å²) in [6, 6.07) is 0. The van der Waals surface area contributed by atoms with Crippen LogP contribution < -0.4 is 0 Å². The minimum Gasteiger partial charge on any atom is -0.392 e. The molecule has 1 aromatic rings. The van der Waals surface area contributed by atoms with Gasteiger partial charge in [0, 0.05) is 12.4 Å². The van der Waals surface area contributed by atoms with E-state index in [0.717, 1.165) is 0 Å². The summed E-state index contributed by atoms with van der Waals surface area (Å²) in [7, 11) is 0. The van der Waals surface area contributed by atoms with Gasteiger partial charge in [0.05, 0.1) is 11.6 Å². The molecule has 0 atom stereocenters. The van der Waals surface area contributed by atoms with E-state index in [2.05, 4.69) is 9.97 Å². The Morgan fingerprint density at radius 3 is 2.64 bits per heavy atom. The van der Waals surface area contributed by atoms with E-state index in [1.165, 1.54) is 12.4 Å². The summed E-state index contributed by atoms with van der Waals surface area (Å²) < 4.78 is 0. The van der Waals surface area contributed by atoms with Gasteiger partial charge in [-0.1, -0.05) is 17.7 Å². The number of hydrogen-bond acceptors (Lipinski definition) is 3. The van der Waals surface area contributed by atoms with Crippen LogP contribution in [0.5, 0.6) is 0 Å². The van der Waals surface area contributed by atoms with E-state index in [0.29, 0.717) is 10.8 Å². The van der Waals surface area contributed by atoms with Gasteiger partial charge in [-0.3, -0.25) is 0 Å². The zero-order valence-corrected chi connectivity index (χ0v) is 6.49. The van der Waals surface area contributed by atoms with E-state index in [4.69, 9.17) is 16.7 Å². The molecule has 58 valence electrons. The highest BCUT2D eigenvalue weighted by Gasteiger charge is 1.88. The van der Waals surface area contributed by atoms with E-state index in [1.54, 1.807) is 12.2 Å². The highest BCUT2D eigenvalue weighted by Crippen LogP contribution is 2.03. The Bertz CT molecular complexity index is 245. The predicted octanol–water partition coefficient (Wildman–Crippen LogP) is 1.14. The molecule has 0 saturated carbocycles. The second-order valence-electron chi connectivity index (χ2n) is 1.84. The molecular weight excluding hydrogens is 164 g/mol. The molecule has 0 fully saturated rings. The SMILES string of the molecule is OCC=Cc1ncc(Cl)cn1. The van der Waals surface area contributed by atoms with Crippen molar-refractivity contribution in [3.63, 3.8) is 0 Å². The standard InChI is InChI=1S/C7H7ClN2O/c8-6-4-9-7(10-5-6)2-1-3-11/h1-2,4-5,11H,3H2. The van der Waals surface area contributed by atoms with Crippen molar-refractivity contribution < 1.29 is 5.11 Å². The van der Waals surface area contributed by atoms with E-state index >= 15 is 0 Å². The zero-order chi connectivity index (χ0) is 8.10. The monoisotopic (exact) mass is 170 g/mol. The van der Waals surface area contributed by atoms with Gasteiger partial charge in [0.2, 0.25) is 0 Å². The first kappa shape index (κ1) is 8.17. The van der Waals surface area contributed by atoms with Crippen LogP contribution in [0.2, 0.25) is 5.02 Å². The van der Waals surface area contributed by atoms with Crippen LogP contribution in [0.25, 0.3) is 6.08 Å². The Balaban J connectivity index is 2.73. The Kier molecular flexibility index (Phi) is 3.01. The Hall–Kier alpha value is -0.930. The largest absolute Gasteiger partial charge is 0.392 e. The van der Waals surface area contributed by atoms with Crippen LogP contribution in [0.3, 0.4) is 0 Å². The van der Waals surface area contributed by atoms with Crippen molar-refractivity contribution in [2.45, 2.75) is 0 Å². The Morgan fingerprint density at radius 2 is 2.09 bits per heavy atom. The van der Waals surface area contributed by atoms with Crippen molar-refractivity contribution in [2.24, 2.45) is 0 Å². The third-order valence-electron chi connectivity index (χ3n) is 1.01. The molecule has 0 aliphatic rings. The fourth-order valence-electron chi connectivity index (χ4n) is 0.566. The molecule has 0 aromatic carbocycles. The number of nitrogens with zero attached hydrogens (tertiary/aromatic N) is 2. The van der Waals surface area contributed by atoms with E-state index in [9.17, 15) is 0 Å². The van der Waals surface area contributed by atoms with Gasteiger partial charge in [-0.05, 0) is 6.08 Å². The lowest BCUT2D eigenvalue weighted by Crippen LogP contribution is -1.85. The molecule has 0 bridgehead atoms. The van der Waals surface area contributed by atoms with E-state index in [1.807, 2.05) is 0 Å². The van der Waals surface area contributed by atoms with Crippen molar-refractivity contribution >= 4 is 17.7 Å². The third-order valence-corrected chi connectivity index (χ3v) is 1.21. The molecule has 1 N–H and O–H groups in total. The predicted molar refractivity (Wildman–Crippen MR) is 43.2 cm³/mol. The second-order valence-corrected chi connectivity index (χ2v) is 2.28. The number of aromatic nitrogens is 2. The lowest BCUT2D eigenvalue weighted by Gasteiger charge is -1.89. The van der Waals surface area contributed by atoms with Gasteiger partial charge in [-0.25, -0.2) is 9.97 Å². The van der Waals surface area contributed by atoms with Gasteiger partial charge in [0.1, 0.15) is 0 Å². The fraction of sp³-hybridized carbons (Fsp3) is 0.143. The molecule has 4 heteroatoms. The first-order valence-corrected chi connectivity index (χ1v) is 3.45. The summed E-state index contributed by atoms with van der Waals surface area (Å²) in [4.78, 5) is 7.75. The average Bonchev–Trinajstić information content (AvgIpc) is 2.04. The van der Waals surface area contributed by atoms with Crippen LogP contribution in [0.15, 0.2) is 18.5 Å². The number of aliphatic hydroxyl groups is 1. The zero-order valence-electron chi connectivity index (χ0n) is 5.74. The Morgan fingerprint density at radius 1 is 1.45 bits per heavy atom. The van der Waals surface area contributed by atoms with Gasteiger partial charge in [-0.15, -0.1) is 0 Å². The molecule has 1 rings (SSSR count). The average molecular weight is 171 g/mol. The molecule has 0 unspecified atom stereocenters. The maximum Gasteiger partial charge on any atom is 0.151 e. The second kappa shape index (κ2) is 4.05. The third kappa shape index (κ3) is 2.65. The minimum absolute atomic E-state index is 0.00795. The van der Waals surface area contributed by atoms with Gasteiger partial charge < -0.3 is 5.11 Å². The highest BCUT2D eigenvalue weighted by molar-refractivity contribution is 6.30. The molecule has 0 radical (unpaired) electrons. The quantitative estimate of drug-likeness (QED) is 0.724. The van der Waals surface area contributed by atoms with Gasteiger partial charge >= 0.3 is 0 Å². The normalized spacial score (nSPS) is 10.7. The summed E-state index contributed by atoms with van der Waals surface area (Å²) in [6.07, 6.45) is 6.19. The lowest BCUT2D eigenvalue weighted by atomic mass is 10.5. The maximum atomic E-state index is 8.41. The molecule has 0 spiro atoms. The van der Waals surface area contributed by atoms with Crippen LogP contribution in [0, 0.1) is 0 Å². The number of rotatable bonds is 2. The van der Waals surface area contributed by atoms with Crippen LogP contribution in [-0.4, -0.2) is 21.7 Å². The smallest absolute Gasteiger partial charge is 0.151 e.